The number of Topliss-reactive ketones (excluding diaryl/α,β-unsaturated/α-hetero) is 1. The molecule has 0 aliphatic heterocycles. The van der Waals surface area contributed by atoms with Gasteiger partial charge in [0.05, 0.1) is 11.8 Å². The van der Waals surface area contributed by atoms with Crippen LogP contribution in [-0.4, -0.2) is 5.78 Å². The monoisotopic (exact) mass is 360 g/mol. The summed E-state index contributed by atoms with van der Waals surface area (Å²) in [5.74, 6) is -0.421. The van der Waals surface area contributed by atoms with Crippen molar-refractivity contribution >= 4 is 37.6 Å². The number of furan rings is 1. The first kappa shape index (κ1) is 12.5. The van der Waals surface area contributed by atoms with Crippen LogP contribution in [0.3, 0.4) is 0 Å². The van der Waals surface area contributed by atoms with Crippen molar-refractivity contribution in [3.63, 3.8) is 0 Å². The molecule has 0 unspecified atom stereocenters. The number of carbonyl (C=O) groups is 1. The van der Waals surface area contributed by atoms with Crippen molar-refractivity contribution in [2.75, 3.05) is 0 Å². The Kier molecular flexibility index (Phi) is 3.79. The van der Waals surface area contributed by atoms with Gasteiger partial charge >= 0.3 is 0 Å². The predicted molar refractivity (Wildman–Crippen MR) is 68.5 cm³/mol. The molecule has 0 fully saturated rings. The third kappa shape index (κ3) is 2.84. The van der Waals surface area contributed by atoms with Gasteiger partial charge in [-0.2, -0.15) is 0 Å². The summed E-state index contributed by atoms with van der Waals surface area (Å²) in [4.78, 5) is 11.9. The van der Waals surface area contributed by atoms with Gasteiger partial charge in [-0.05, 0) is 39.7 Å². The smallest absolute Gasteiger partial charge is 0.179 e. The highest BCUT2D eigenvalue weighted by Crippen LogP contribution is 2.23. The number of halogens is 3. The van der Waals surface area contributed by atoms with Crippen molar-refractivity contribution < 1.29 is 13.6 Å². The quantitative estimate of drug-likeness (QED) is 0.760. The Morgan fingerprint density at radius 1 is 1.29 bits per heavy atom. The van der Waals surface area contributed by atoms with Gasteiger partial charge in [-0.15, -0.1) is 0 Å². The van der Waals surface area contributed by atoms with E-state index in [9.17, 15) is 9.18 Å². The molecule has 0 N–H and O–H groups in total. The van der Waals surface area contributed by atoms with E-state index in [4.69, 9.17) is 4.42 Å². The molecular weight excluding hydrogens is 355 g/mol. The van der Waals surface area contributed by atoms with Gasteiger partial charge < -0.3 is 4.42 Å². The topological polar surface area (TPSA) is 30.2 Å². The van der Waals surface area contributed by atoms with E-state index in [0.29, 0.717) is 14.7 Å². The minimum atomic E-state index is -0.336. The van der Waals surface area contributed by atoms with E-state index in [0.717, 1.165) is 5.56 Å². The molecule has 0 aliphatic carbocycles. The van der Waals surface area contributed by atoms with Gasteiger partial charge in [0.1, 0.15) is 5.82 Å². The minimum absolute atomic E-state index is 0.0852. The number of rotatable bonds is 3. The molecule has 88 valence electrons. The maximum absolute atomic E-state index is 12.9. The summed E-state index contributed by atoms with van der Waals surface area (Å²) in [6.07, 6.45) is 1.63. The first-order valence-corrected chi connectivity index (χ1v) is 6.36. The fraction of sp³-hybridized carbons (Fsp3) is 0.0833. The molecule has 1 aromatic heterocycles. The first-order chi connectivity index (χ1) is 8.08. The molecule has 2 aromatic rings. The summed E-state index contributed by atoms with van der Waals surface area (Å²) in [7, 11) is 0. The molecule has 17 heavy (non-hydrogen) atoms. The van der Waals surface area contributed by atoms with Gasteiger partial charge in [-0.1, -0.05) is 22.0 Å². The highest BCUT2D eigenvalue weighted by atomic mass is 79.9. The summed E-state index contributed by atoms with van der Waals surface area (Å²) >= 11 is 6.38. The van der Waals surface area contributed by atoms with Crippen LogP contribution in [0.4, 0.5) is 4.39 Å². The lowest BCUT2D eigenvalue weighted by Gasteiger charge is -2.03. The number of hydrogen-bond donors (Lipinski definition) is 0. The second-order valence-corrected chi connectivity index (χ2v) is 5.02. The van der Waals surface area contributed by atoms with Gasteiger partial charge in [0, 0.05) is 10.9 Å². The molecule has 2 nitrogen and oxygen atoms in total. The van der Waals surface area contributed by atoms with E-state index in [-0.39, 0.29) is 18.0 Å². The Balaban J connectivity index is 2.22. The number of ketones is 1. The highest BCUT2D eigenvalue weighted by molar-refractivity contribution is 9.10. The van der Waals surface area contributed by atoms with Crippen LogP contribution in [0.2, 0.25) is 0 Å². The maximum Gasteiger partial charge on any atom is 0.179 e. The molecule has 0 radical (unpaired) electrons. The fourth-order valence-electron chi connectivity index (χ4n) is 1.43. The van der Waals surface area contributed by atoms with Crippen LogP contribution < -0.4 is 0 Å². The molecule has 0 saturated carbocycles. The summed E-state index contributed by atoms with van der Waals surface area (Å²) in [5, 5.41) is 0. The lowest BCUT2D eigenvalue weighted by atomic mass is 10.1. The minimum Gasteiger partial charge on any atom is -0.457 e. The van der Waals surface area contributed by atoms with Crippen molar-refractivity contribution in [1.82, 2.24) is 0 Å². The van der Waals surface area contributed by atoms with Crippen LogP contribution in [0, 0.1) is 5.82 Å². The third-order valence-corrected chi connectivity index (χ3v) is 3.64. The molecule has 0 saturated heterocycles. The van der Waals surface area contributed by atoms with E-state index in [1.165, 1.54) is 18.4 Å². The standard InChI is InChI=1S/C12H7Br2FO2/c13-10-6-8(15)2-1-7(10)5-11(16)9-3-4-17-12(9)14/h1-4,6H,5H2. The van der Waals surface area contributed by atoms with Crippen molar-refractivity contribution in [3.8, 4) is 0 Å². The predicted octanol–water partition coefficient (Wildman–Crippen LogP) is 4.37. The largest absolute Gasteiger partial charge is 0.457 e. The zero-order valence-corrected chi connectivity index (χ0v) is 11.7. The van der Waals surface area contributed by atoms with E-state index in [1.807, 2.05) is 0 Å². The van der Waals surface area contributed by atoms with Gasteiger partial charge in [0.25, 0.3) is 0 Å². The van der Waals surface area contributed by atoms with Crippen LogP contribution in [0.1, 0.15) is 15.9 Å². The molecule has 5 heteroatoms. The van der Waals surface area contributed by atoms with Gasteiger partial charge in [-0.3, -0.25) is 4.79 Å². The van der Waals surface area contributed by atoms with Crippen LogP contribution in [0.25, 0.3) is 0 Å². The molecule has 2 rings (SSSR count). The zero-order chi connectivity index (χ0) is 12.4. The van der Waals surface area contributed by atoms with Crippen molar-refractivity contribution in [1.29, 1.82) is 0 Å². The third-order valence-electron chi connectivity index (χ3n) is 2.28. The van der Waals surface area contributed by atoms with E-state index < -0.39 is 0 Å². The van der Waals surface area contributed by atoms with Crippen LogP contribution in [0.15, 0.2) is 44.1 Å². The van der Waals surface area contributed by atoms with Gasteiger partial charge in [0.2, 0.25) is 0 Å². The van der Waals surface area contributed by atoms with Gasteiger partial charge in [0.15, 0.2) is 10.5 Å². The van der Waals surface area contributed by atoms with Crippen molar-refractivity contribution in [3.05, 3.63) is 56.6 Å². The van der Waals surface area contributed by atoms with E-state index in [2.05, 4.69) is 31.9 Å². The number of hydrogen-bond acceptors (Lipinski definition) is 2. The van der Waals surface area contributed by atoms with E-state index >= 15 is 0 Å². The average molecular weight is 362 g/mol. The van der Waals surface area contributed by atoms with Crippen LogP contribution >= 0.6 is 31.9 Å². The highest BCUT2D eigenvalue weighted by Gasteiger charge is 2.14. The molecule has 0 atom stereocenters. The Morgan fingerprint density at radius 3 is 2.65 bits per heavy atom. The molecule has 0 amide bonds. The molecule has 0 spiro atoms. The normalized spacial score (nSPS) is 10.5. The zero-order valence-electron chi connectivity index (χ0n) is 8.54. The summed E-state index contributed by atoms with van der Waals surface area (Å²) in [6, 6.07) is 5.86. The average Bonchev–Trinajstić information content (AvgIpc) is 2.68. The van der Waals surface area contributed by atoms with Crippen LogP contribution in [0.5, 0.6) is 0 Å². The molecular formula is C12H7Br2FO2. The lowest BCUT2D eigenvalue weighted by Crippen LogP contribution is -2.03. The SMILES string of the molecule is O=C(Cc1ccc(F)cc1Br)c1ccoc1Br. The molecule has 1 heterocycles. The molecule has 0 bridgehead atoms. The molecule has 0 aliphatic rings. The Labute approximate surface area is 114 Å². The first-order valence-electron chi connectivity index (χ1n) is 4.78. The van der Waals surface area contributed by atoms with Crippen molar-refractivity contribution in [2.24, 2.45) is 0 Å². The Morgan fingerprint density at radius 2 is 2.06 bits per heavy atom. The van der Waals surface area contributed by atoms with Crippen molar-refractivity contribution in [2.45, 2.75) is 6.42 Å². The number of carbonyl (C=O) groups excluding carboxylic acids is 1. The number of benzene rings is 1. The Bertz CT molecular complexity index is 563. The summed E-state index contributed by atoms with van der Waals surface area (Å²) < 4.78 is 18.9. The summed E-state index contributed by atoms with van der Waals surface area (Å²) in [6.45, 7) is 0. The van der Waals surface area contributed by atoms with Crippen LogP contribution in [-0.2, 0) is 6.42 Å². The fourth-order valence-corrected chi connectivity index (χ4v) is 2.38. The van der Waals surface area contributed by atoms with Gasteiger partial charge in [-0.25, -0.2) is 4.39 Å². The van der Waals surface area contributed by atoms with E-state index in [1.54, 1.807) is 12.1 Å². The Hall–Kier alpha value is -0.940. The second kappa shape index (κ2) is 5.14. The lowest BCUT2D eigenvalue weighted by molar-refractivity contribution is 0.0991. The molecule has 1 aromatic carbocycles. The summed E-state index contributed by atoms with van der Waals surface area (Å²) in [5.41, 5.74) is 1.23. The maximum atomic E-state index is 12.9. The second-order valence-electron chi connectivity index (χ2n) is 3.44.